The van der Waals surface area contributed by atoms with Crippen molar-refractivity contribution >= 4 is 23.5 Å². The maximum Gasteiger partial charge on any atom is 0.411 e. The van der Waals surface area contributed by atoms with Crippen LogP contribution in [0.25, 0.3) is 11.1 Å². The van der Waals surface area contributed by atoms with Crippen LogP contribution in [-0.4, -0.2) is 29.7 Å². The molecule has 1 aromatic heterocycles. The molecule has 0 saturated heterocycles. The first kappa shape index (κ1) is 19.9. The van der Waals surface area contributed by atoms with Gasteiger partial charge in [-0.15, -0.1) is 16.9 Å². The van der Waals surface area contributed by atoms with Crippen molar-refractivity contribution in [1.29, 1.82) is 0 Å². The molecule has 2 aromatic carbocycles. The van der Waals surface area contributed by atoms with Crippen molar-refractivity contribution in [2.24, 2.45) is 5.73 Å². The number of carbonyl (C=O) groups is 1. The first-order valence-corrected chi connectivity index (χ1v) is 9.99. The third-order valence-corrected chi connectivity index (χ3v) is 4.97. The Hall–Kier alpha value is -2.90. The maximum absolute atomic E-state index is 11.3. The SMILES string of the molecule is COC(=O)Nc1ccc(-c2cc([C@@H](N)Cc3ccccc3)nnc2SC)cc1. The first-order chi connectivity index (χ1) is 13.6. The molecule has 0 fully saturated rings. The Morgan fingerprint density at radius 2 is 1.86 bits per heavy atom. The van der Waals surface area contributed by atoms with Crippen LogP contribution in [0.5, 0.6) is 0 Å². The highest BCUT2D eigenvalue weighted by molar-refractivity contribution is 7.98. The van der Waals surface area contributed by atoms with E-state index in [2.05, 4.69) is 32.4 Å². The minimum absolute atomic E-state index is 0.246. The summed E-state index contributed by atoms with van der Waals surface area (Å²) in [6, 6.07) is 19.3. The number of methoxy groups -OCH3 is 1. The van der Waals surface area contributed by atoms with E-state index in [1.54, 1.807) is 0 Å². The van der Waals surface area contributed by atoms with Crippen molar-refractivity contribution in [2.45, 2.75) is 17.5 Å². The molecule has 28 heavy (non-hydrogen) atoms. The quantitative estimate of drug-likeness (QED) is 0.606. The smallest absolute Gasteiger partial charge is 0.411 e. The highest BCUT2D eigenvalue weighted by atomic mass is 32.2. The number of thioether (sulfide) groups is 1. The van der Waals surface area contributed by atoms with E-state index in [9.17, 15) is 4.79 Å². The average molecular weight is 395 g/mol. The van der Waals surface area contributed by atoms with Crippen molar-refractivity contribution in [3.8, 4) is 11.1 Å². The molecular formula is C21H22N4O2S. The fourth-order valence-corrected chi connectivity index (χ4v) is 3.33. The number of nitrogens with one attached hydrogen (secondary N) is 1. The molecule has 0 spiro atoms. The number of anilines is 1. The fourth-order valence-electron chi connectivity index (χ4n) is 2.81. The molecular weight excluding hydrogens is 372 g/mol. The molecule has 144 valence electrons. The van der Waals surface area contributed by atoms with E-state index in [1.165, 1.54) is 18.9 Å². The third-order valence-electron chi connectivity index (χ3n) is 4.28. The van der Waals surface area contributed by atoms with Gasteiger partial charge in [0.25, 0.3) is 0 Å². The van der Waals surface area contributed by atoms with Gasteiger partial charge in [0, 0.05) is 11.3 Å². The molecule has 0 radical (unpaired) electrons. The van der Waals surface area contributed by atoms with Crippen molar-refractivity contribution in [1.82, 2.24) is 10.2 Å². The van der Waals surface area contributed by atoms with Crippen LogP contribution in [0, 0.1) is 0 Å². The number of nitrogens with two attached hydrogens (primary N) is 1. The van der Waals surface area contributed by atoms with E-state index in [-0.39, 0.29) is 6.04 Å². The Balaban J connectivity index is 1.85. The molecule has 3 rings (SSSR count). The van der Waals surface area contributed by atoms with Crippen molar-refractivity contribution in [3.05, 3.63) is 71.9 Å². The molecule has 0 bridgehead atoms. The van der Waals surface area contributed by atoms with Crippen molar-refractivity contribution in [2.75, 3.05) is 18.7 Å². The molecule has 3 aromatic rings. The van der Waals surface area contributed by atoms with Crippen molar-refractivity contribution < 1.29 is 9.53 Å². The molecule has 1 amide bonds. The summed E-state index contributed by atoms with van der Waals surface area (Å²) in [5, 5.41) is 12.2. The summed E-state index contributed by atoms with van der Waals surface area (Å²) >= 11 is 1.53. The number of aromatic nitrogens is 2. The van der Waals surface area contributed by atoms with Gasteiger partial charge in [-0.1, -0.05) is 42.5 Å². The monoisotopic (exact) mass is 394 g/mol. The molecule has 1 heterocycles. The number of rotatable bonds is 6. The lowest BCUT2D eigenvalue weighted by molar-refractivity contribution is 0.187. The number of amides is 1. The Kier molecular flexibility index (Phi) is 6.62. The number of hydrogen-bond acceptors (Lipinski definition) is 6. The van der Waals surface area contributed by atoms with Gasteiger partial charge in [-0.2, -0.15) is 5.10 Å². The van der Waals surface area contributed by atoms with Gasteiger partial charge < -0.3 is 10.5 Å². The van der Waals surface area contributed by atoms with Crippen LogP contribution in [0.1, 0.15) is 17.3 Å². The average Bonchev–Trinajstić information content (AvgIpc) is 2.74. The summed E-state index contributed by atoms with van der Waals surface area (Å²) in [6.45, 7) is 0. The predicted octanol–water partition coefficient (Wildman–Crippen LogP) is 4.29. The summed E-state index contributed by atoms with van der Waals surface area (Å²) in [4.78, 5) is 11.3. The Morgan fingerprint density at radius 3 is 2.50 bits per heavy atom. The molecule has 1 atom stereocenters. The minimum atomic E-state index is -0.502. The highest BCUT2D eigenvalue weighted by Crippen LogP contribution is 2.31. The van der Waals surface area contributed by atoms with E-state index in [4.69, 9.17) is 5.73 Å². The van der Waals surface area contributed by atoms with Crippen LogP contribution in [0.4, 0.5) is 10.5 Å². The second kappa shape index (κ2) is 9.34. The summed E-state index contributed by atoms with van der Waals surface area (Å²) in [5.74, 6) is 0. The standard InChI is InChI=1S/C21H22N4O2S/c1-27-21(26)23-16-10-8-15(9-11-16)17-13-19(24-25-20(17)28-2)18(22)12-14-6-4-3-5-7-14/h3-11,13,18H,12,22H2,1-2H3,(H,23,26)/t18-/m0/s1. The maximum atomic E-state index is 11.3. The zero-order valence-electron chi connectivity index (χ0n) is 15.8. The second-order valence-corrected chi connectivity index (χ2v) is 6.98. The zero-order chi connectivity index (χ0) is 19.9. The lowest BCUT2D eigenvalue weighted by Gasteiger charge is -2.14. The van der Waals surface area contributed by atoms with E-state index < -0.39 is 6.09 Å². The highest BCUT2D eigenvalue weighted by Gasteiger charge is 2.14. The number of benzene rings is 2. The summed E-state index contributed by atoms with van der Waals surface area (Å²) < 4.78 is 4.61. The number of nitrogens with zero attached hydrogens (tertiary/aromatic N) is 2. The first-order valence-electron chi connectivity index (χ1n) is 8.77. The summed E-state index contributed by atoms with van der Waals surface area (Å²) in [6.07, 6.45) is 2.15. The molecule has 3 N–H and O–H groups in total. The van der Waals surface area contributed by atoms with E-state index in [0.717, 1.165) is 27.4 Å². The molecule has 7 heteroatoms. The van der Waals surface area contributed by atoms with Crippen LogP contribution >= 0.6 is 11.8 Å². The van der Waals surface area contributed by atoms with Crippen LogP contribution < -0.4 is 11.1 Å². The van der Waals surface area contributed by atoms with Crippen LogP contribution in [0.15, 0.2) is 65.7 Å². The predicted molar refractivity (Wildman–Crippen MR) is 112 cm³/mol. The van der Waals surface area contributed by atoms with Gasteiger partial charge in [-0.3, -0.25) is 5.32 Å². The van der Waals surface area contributed by atoms with Gasteiger partial charge in [-0.05, 0) is 42.0 Å². The topological polar surface area (TPSA) is 90.1 Å². The Bertz CT molecular complexity index is 933. The van der Waals surface area contributed by atoms with E-state index in [0.29, 0.717) is 12.1 Å². The zero-order valence-corrected chi connectivity index (χ0v) is 16.6. The minimum Gasteiger partial charge on any atom is -0.453 e. The molecule has 0 aliphatic rings. The number of carbonyl (C=O) groups excluding carboxylic acids is 1. The summed E-state index contributed by atoms with van der Waals surface area (Å²) in [5.41, 5.74) is 10.9. The number of ether oxygens (including phenoxy) is 1. The molecule has 0 saturated carbocycles. The fraction of sp³-hybridized carbons (Fsp3) is 0.190. The normalized spacial score (nSPS) is 11.7. The van der Waals surface area contributed by atoms with Gasteiger partial charge in [0.2, 0.25) is 0 Å². The Morgan fingerprint density at radius 1 is 1.14 bits per heavy atom. The largest absolute Gasteiger partial charge is 0.453 e. The van der Waals surface area contributed by atoms with Gasteiger partial charge in [-0.25, -0.2) is 4.79 Å². The molecule has 6 nitrogen and oxygen atoms in total. The van der Waals surface area contributed by atoms with Crippen LogP contribution in [0.2, 0.25) is 0 Å². The van der Waals surface area contributed by atoms with Crippen molar-refractivity contribution in [3.63, 3.8) is 0 Å². The lowest BCUT2D eigenvalue weighted by atomic mass is 10.0. The lowest BCUT2D eigenvalue weighted by Crippen LogP contribution is -2.16. The molecule has 0 aliphatic heterocycles. The van der Waals surface area contributed by atoms with Gasteiger partial charge >= 0.3 is 6.09 Å². The van der Waals surface area contributed by atoms with Crippen LogP contribution in [-0.2, 0) is 11.2 Å². The van der Waals surface area contributed by atoms with Gasteiger partial charge in [0.05, 0.1) is 18.8 Å². The molecule has 0 unspecified atom stereocenters. The van der Waals surface area contributed by atoms with Gasteiger partial charge in [0.15, 0.2) is 0 Å². The van der Waals surface area contributed by atoms with E-state index in [1.807, 2.05) is 54.8 Å². The third kappa shape index (κ3) is 4.88. The molecule has 0 aliphatic carbocycles. The van der Waals surface area contributed by atoms with Crippen LogP contribution in [0.3, 0.4) is 0 Å². The number of hydrogen-bond donors (Lipinski definition) is 2. The summed E-state index contributed by atoms with van der Waals surface area (Å²) in [7, 11) is 1.33. The van der Waals surface area contributed by atoms with E-state index >= 15 is 0 Å². The van der Waals surface area contributed by atoms with Gasteiger partial charge in [0.1, 0.15) is 5.03 Å². The second-order valence-electron chi connectivity index (χ2n) is 6.18. The Labute approximate surface area is 168 Å².